The number of aliphatic imine (C=N–C) groups is 1. The third-order valence-corrected chi connectivity index (χ3v) is 6.07. The number of ether oxygens (including phenoxy) is 2. The minimum absolute atomic E-state index is 0.0244. The van der Waals surface area contributed by atoms with Crippen LogP contribution in [-0.2, 0) is 16.1 Å². The second-order valence-corrected chi connectivity index (χ2v) is 9.06. The van der Waals surface area contributed by atoms with E-state index in [1.807, 2.05) is 42.5 Å². The number of nitro benzene ring substituents is 1. The zero-order chi connectivity index (χ0) is 22.7. The standard InChI is InChI=1S/C23H14I2N2O5/c24-18-10-15(12-20-23(28)32-22(26-20)16-6-2-1-3-7-16)11-19(25)21(18)31-13-14-5-4-8-17(9-14)27(29)30/h1-12H,13H2/b20-12-. The van der Waals surface area contributed by atoms with Crippen LogP contribution in [0.1, 0.15) is 16.7 Å². The summed E-state index contributed by atoms with van der Waals surface area (Å²) >= 11 is 4.32. The van der Waals surface area contributed by atoms with Crippen LogP contribution in [-0.4, -0.2) is 16.8 Å². The molecule has 0 saturated heterocycles. The Hall–Kier alpha value is -2.80. The number of nitro groups is 1. The topological polar surface area (TPSA) is 91.0 Å². The van der Waals surface area contributed by atoms with E-state index in [1.54, 1.807) is 18.2 Å². The molecule has 0 fully saturated rings. The molecule has 0 saturated carbocycles. The van der Waals surface area contributed by atoms with Crippen LogP contribution >= 0.6 is 45.2 Å². The maximum absolute atomic E-state index is 12.3. The third kappa shape index (κ3) is 5.15. The lowest BCUT2D eigenvalue weighted by atomic mass is 10.2. The van der Waals surface area contributed by atoms with E-state index in [-0.39, 0.29) is 23.9 Å². The van der Waals surface area contributed by atoms with Gasteiger partial charge in [-0.3, -0.25) is 10.1 Å². The summed E-state index contributed by atoms with van der Waals surface area (Å²) in [6.07, 6.45) is 1.67. The van der Waals surface area contributed by atoms with E-state index in [4.69, 9.17) is 9.47 Å². The van der Waals surface area contributed by atoms with Crippen molar-refractivity contribution in [2.75, 3.05) is 0 Å². The van der Waals surface area contributed by atoms with E-state index in [0.29, 0.717) is 11.3 Å². The molecule has 4 rings (SSSR count). The molecule has 3 aromatic carbocycles. The summed E-state index contributed by atoms with van der Waals surface area (Å²) < 4.78 is 12.9. The predicted octanol–water partition coefficient (Wildman–Crippen LogP) is 5.73. The van der Waals surface area contributed by atoms with Gasteiger partial charge in [0.25, 0.3) is 5.69 Å². The van der Waals surface area contributed by atoms with Gasteiger partial charge in [0.1, 0.15) is 12.4 Å². The molecule has 0 radical (unpaired) electrons. The van der Waals surface area contributed by atoms with Gasteiger partial charge in [-0.05, 0) is 86.7 Å². The smallest absolute Gasteiger partial charge is 0.363 e. The first kappa shape index (κ1) is 22.4. The molecule has 1 aliphatic rings. The van der Waals surface area contributed by atoms with Crippen LogP contribution in [0.4, 0.5) is 5.69 Å². The van der Waals surface area contributed by atoms with E-state index in [9.17, 15) is 14.9 Å². The quantitative estimate of drug-likeness (QED) is 0.112. The lowest BCUT2D eigenvalue weighted by molar-refractivity contribution is -0.384. The first-order valence-corrected chi connectivity index (χ1v) is 11.5. The van der Waals surface area contributed by atoms with Gasteiger partial charge < -0.3 is 9.47 Å². The van der Waals surface area contributed by atoms with Crippen molar-refractivity contribution in [1.82, 2.24) is 0 Å². The van der Waals surface area contributed by atoms with Crippen LogP contribution < -0.4 is 4.74 Å². The Morgan fingerprint density at radius 2 is 1.75 bits per heavy atom. The van der Waals surface area contributed by atoms with Crippen LogP contribution in [0.2, 0.25) is 0 Å². The summed E-state index contributed by atoms with van der Waals surface area (Å²) in [5.74, 6) is 0.449. The van der Waals surface area contributed by atoms with Gasteiger partial charge >= 0.3 is 5.97 Å². The van der Waals surface area contributed by atoms with E-state index >= 15 is 0 Å². The molecule has 0 aliphatic carbocycles. The van der Waals surface area contributed by atoms with Gasteiger partial charge in [0.05, 0.1) is 12.1 Å². The maximum atomic E-state index is 12.3. The first-order valence-electron chi connectivity index (χ1n) is 9.34. The van der Waals surface area contributed by atoms with Gasteiger partial charge in [-0.1, -0.05) is 30.3 Å². The fourth-order valence-corrected chi connectivity index (χ4v) is 5.11. The van der Waals surface area contributed by atoms with Gasteiger partial charge in [0.2, 0.25) is 5.90 Å². The molecular formula is C23H14I2N2O5. The fraction of sp³-hybridized carbons (Fsp3) is 0.0435. The van der Waals surface area contributed by atoms with Gasteiger partial charge in [-0.25, -0.2) is 9.79 Å². The number of carbonyl (C=O) groups is 1. The average molecular weight is 652 g/mol. The second-order valence-electron chi connectivity index (χ2n) is 6.73. The summed E-state index contributed by atoms with van der Waals surface area (Å²) in [4.78, 5) is 27.1. The first-order chi connectivity index (χ1) is 15.4. The van der Waals surface area contributed by atoms with Gasteiger partial charge in [-0.2, -0.15) is 0 Å². The van der Waals surface area contributed by atoms with Crippen LogP contribution in [0.5, 0.6) is 5.75 Å². The Bertz CT molecular complexity index is 1250. The predicted molar refractivity (Wildman–Crippen MR) is 136 cm³/mol. The molecule has 1 aliphatic heterocycles. The highest BCUT2D eigenvalue weighted by molar-refractivity contribution is 14.1. The SMILES string of the molecule is O=C1OC(c2ccccc2)=N/C1=C\c1cc(I)c(OCc2cccc([N+](=O)[O-])c2)c(I)c1. The number of non-ortho nitro benzene ring substituents is 1. The zero-order valence-corrected chi connectivity index (χ0v) is 20.6. The normalized spacial score (nSPS) is 14.2. The highest BCUT2D eigenvalue weighted by Gasteiger charge is 2.24. The Morgan fingerprint density at radius 3 is 2.44 bits per heavy atom. The number of hydrogen-bond donors (Lipinski definition) is 0. The van der Waals surface area contributed by atoms with Crippen LogP contribution in [0.25, 0.3) is 6.08 Å². The minimum atomic E-state index is -0.500. The van der Waals surface area contributed by atoms with E-state index in [1.165, 1.54) is 12.1 Å². The number of esters is 1. The van der Waals surface area contributed by atoms with E-state index in [2.05, 4.69) is 50.2 Å². The number of carbonyl (C=O) groups excluding carboxylic acids is 1. The van der Waals surface area contributed by atoms with Crippen molar-refractivity contribution in [3.63, 3.8) is 0 Å². The van der Waals surface area contributed by atoms with E-state index in [0.717, 1.165) is 18.3 Å². The van der Waals surface area contributed by atoms with Crippen molar-refractivity contribution in [3.05, 3.63) is 106 Å². The molecule has 0 N–H and O–H groups in total. The Labute approximate surface area is 210 Å². The molecule has 0 atom stereocenters. The number of halogens is 2. The molecule has 0 amide bonds. The molecule has 32 heavy (non-hydrogen) atoms. The number of rotatable bonds is 6. The summed E-state index contributed by atoms with van der Waals surface area (Å²) in [6, 6.07) is 19.3. The van der Waals surface area contributed by atoms with Crippen molar-refractivity contribution < 1.29 is 19.2 Å². The number of cyclic esters (lactones) is 1. The lowest BCUT2D eigenvalue weighted by Gasteiger charge is -2.11. The highest BCUT2D eigenvalue weighted by Crippen LogP contribution is 2.31. The number of hydrogen-bond acceptors (Lipinski definition) is 6. The zero-order valence-electron chi connectivity index (χ0n) is 16.3. The summed E-state index contributed by atoms with van der Waals surface area (Å²) in [7, 11) is 0. The van der Waals surface area contributed by atoms with E-state index < -0.39 is 10.9 Å². The molecule has 160 valence electrons. The summed E-state index contributed by atoms with van der Waals surface area (Å²) in [5, 5.41) is 11.0. The fourth-order valence-electron chi connectivity index (χ4n) is 2.99. The molecule has 0 spiro atoms. The highest BCUT2D eigenvalue weighted by atomic mass is 127. The molecule has 0 unspecified atom stereocenters. The lowest BCUT2D eigenvalue weighted by Crippen LogP contribution is -2.05. The Balaban J connectivity index is 1.54. The van der Waals surface area contributed by atoms with Crippen LogP contribution in [0.15, 0.2) is 77.4 Å². The monoisotopic (exact) mass is 652 g/mol. The van der Waals surface area contributed by atoms with Gasteiger partial charge in [-0.15, -0.1) is 0 Å². The molecule has 1 heterocycles. The summed E-state index contributed by atoms with van der Waals surface area (Å²) in [6.45, 7) is 0.200. The van der Waals surface area contributed by atoms with Crippen molar-refractivity contribution in [3.8, 4) is 5.75 Å². The van der Waals surface area contributed by atoms with Crippen LogP contribution in [0.3, 0.4) is 0 Å². The van der Waals surface area contributed by atoms with Crippen molar-refractivity contribution in [1.29, 1.82) is 0 Å². The number of nitrogens with zero attached hydrogens (tertiary/aromatic N) is 2. The summed E-state index contributed by atoms with van der Waals surface area (Å²) in [5.41, 5.74) is 2.47. The van der Waals surface area contributed by atoms with Crippen LogP contribution in [0, 0.1) is 17.3 Å². The van der Waals surface area contributed by atoms with Crippen molar-refractivity contribution >= 4 is 68.8 Å². The molecule has 0 bridgehead atoms. The molecule has 0 aromatic heterocycles. The maximum Gasteiger partial charge on any atom is 0.363 e. The van der Waals surface area contributed by atoms with Gasteiger partial charge in [0.15, 0.2) is 5.70 Å². The van der Waals surface area contributed by atoms with Crippen molar-refractivity contribution in [2.24, 2.45) is 4.99 Å². The molecular weight excluding hydrogens is 638 g/mol. The van der Waals surface area contributed by atoms with Crippen molar-refractivity contribution in [2.45, 2.75) is 6.61 Å². The van der Waals surface area contributed by atoms with Gasteiger partial charge in [0, 0.05) is 17.7 Å². The molecule has 7 nitrogen and oxygen atoms in total. The second kappa shape index (κ2) is 9.77. The number of benzene rings is 3. The largest absolute Gasteiger partial charge is 0.487 e. The minimum Gasteiger partial charge on any atom is -0.487 e. The molecule has 9 heteroatoms. The Morgan fingerprint density at radius 1 is 1.03 bits per heavy atom. The average Bonchev–Trinajstić information content (AvgIpc) is 3.14. The third-order valence-electron chi connectivity index (χ3n) is 4.47. The molecule has 3 aromatic rings. The Kier molecular flexibility index (Phi) is 6.84.